The summed E-state index contributed by atoms with van der Waals surface area (Å²) in [6, 6.07) is 31.5. The Morgan fingerprint density at radius 3 is 1.80 bits per heavy atom. The monoisotopic (exact) mass is 611 g/mol. The molecule has 2 amide bonds. The van der Waals surface area contributed by atoms with Crippen LogP contribution < -0.4 is 9.62 Å². The van der Waals surface area contributed by atoms with E-state index in [0.29, 0.717) is 5.69 Å². The largest absolute Gasteiger partial charge is 0.350 e. The first kappa shape index (κ1) is 32.5. The topological polar surface area (TPSA) is 86.8 Å². The predicted octanol–water partition coefficient (Wildman–Crippen LogP) is 6.05. The second-order valence-corrected chi connectivity index (χ2v) is 14.0. The third kappa shape index (κ3) is 8.57. The number of nitrogens with zero attached hydrogens (tertiary/aromatic N) is 2. The first-order valence-corrected chi connectivity index (χ1v) is 16.1. The van der Waals surface area contributed by atoms with Crippen molar-refractivity contribution in [3.63, 3.8) is 0 Å². The molecule has 1 atom stereocenters. The summed E-state index contributed by atoms with van der Waals surface area (Å²) in [7, 11) is -4.13. The Morgan fingerprint density at radius 2 is 1.25 bits per heavy atom. The fourth-order valence-electron chi connectivity index (χ4n) is 4.86. The van der Waals surface area contributed by atoms with Crippen LogP contribution in [0.1, 0.15) is 43.0 Å². The zero-order valence-corrected chi connectivity index (χ0v) is 26.8. The van der Waals surface area contributed by atoms with E-state index in [0.717, 1.165) is 26.6 Å². The van der Waals surface area contributed by atoms with Crippen molar-refractivity contribution in [3.05, 3.63) is 131 Å². The highest BCUT2D eigenvalue weighted by Gasteiger charge is 2.35. The lowest BCUT2D eigenvalue weighted by Gasteiger charge is -2.35. The molecule has 7 nitrogen and oxygen atoms in total. The zero-order valence-electron chi connectivity index (χ0n) is 26.0. The van der Waals surface area contributed by atoms with Crippen molar-refractivity contribution >= 4 is 27.5 Å². The number of aryl methyl sites for hydroxylation is 2. The fourth-order valence-corrected chi connectivity index (χ4v) is 6.27. The van der Waals surface area contributed by atoms with Gasteiger partial charge in [-0.1, -0.05) is 96.1 Å². The number of hydrogen-bond acceptors (Lipinski definition) is 4. The molecule has 230 valence electrons. The minimum atomic E-state index is -4.13. The summed E-state index contributed by atoms with van der Waals surface area (Å²) in [5.41, 5.74) is 3.51. The van der Waals surface area contributed by atoms with Gasteiger partial charge >= 0.3 is 0 Å². The summed E-state index contributed by atoms with van der Waals surface area (Å²) < 4.78 is 29.2. The summed E-state index contributed by atoms with van der Waals surface area (Å²) in [6.07, 6.45) is 0.260. The summed E-state index contributed by atoms with van der Waals surface area (Å²) in [5, 5.41) is 3.05. The van der Waals surface area contributed by atoms with E-state index in [4.69, 9.17) is 0 Å². The maximum atomic E-state index is 14.5. The number of anilines is 1. The third-order valence-electron chi connectivity index (χ3n) is 7.17. The van der Waals surface area contributed by atoms with Crippen molar-refractivity contribution in [1.29, 1.82) is 0 Å². The highest BCUT2D eigenvalue weighted by atomic mass is 32.2. The first-order valence-electron chi connectivity index (χ1n) is 14.7. The molecule has 4 aromatic carbocycles. The van der Waals surface area contributed by atoms with Crippen molar-refractivity contribution < 1.29 is 18.0 Å². The van der Waals surface area contributed by atoms with Gasteiger partial charge in [-0.25, -0.2) is 8.42 Å². The van der Waals surface area contributed by atoms with Gasteiger partial charge in [-0.15, -0.1) is 0 Å². The Balaban J connectivity index is 1.79. The molecule has 0 bridgehead atoms. The highest BCUT2D eigenvalue weighted by Crippen LogP contribution is 2.25. The standard InChI is InChI=1S/C36H41N3O4S/c1-27-16-20-30(21-17-27)25-38(33(35(41)37-36(3,4)5)24-29-12-8-6-9-13-29)34(40)26-39(31-14-10-7-11-15-31)44(42,43)32-22-18-28(2)19-23-32/h6-23,33H,24-26H2,1-5H3,(H,37,41). The van der Waals surface area contributed by atoms with Crippen molar-refractivity contribution in [2.45, 2.75) is 64.1 Å². The van der Waals surface area contributed by atoms with Crippen molar-refractivity contribution in [2.24, 2.45) is 0 Å². The van der Waals surface area contributed by atoms with Gasteiger partial charge in [-0.05, 0) is 70.0 Å². The smallest absolute Gasteiger partial charge is 0.264 e. The zero-order chi connectivity index (χ0) is 31.9. The molecule has 0 radical (unpaired) electrons. The lowest BCUT2D eigenvalue weighted by Crippen LogP contribution is -2.56. The van der Waals surface area contributed by atoms with Gasteiger partial charge in [0.2, 0.25) is 11.8 Å². The second kappa shape index (κ2) is 13.9. The van der Waals surface area contributed by atoms with Crippen molar-refractivity contribution in [1.82, 2.24) is 10.2 Å². The molecule has 8 heteroatoms. The molecule has 0 aliphatic carbocycles. The van der Waals surface area contributed by atoms with Gasteiger partial charge in [0, 0.05) is 18.5 Å². The van der Waals surface area contributed by atoms with E-state index in [9.17, 15) is 18.0 Å². The van der Waals surface area contributed by atoms with Gasteiger partial charge < -0.3 is 10.2 Å². The van der Waals surface area contributed by atoms with E-state index in [1.165, 1.54) is 4.90 Å². The molecule has 0 aliphatic rings. The average Bonchev–Trinajstić information content (AvgIpc) is 2.98. The third-order valence-corrected chi connectivity index (χ3v) is 8.96. The normalized spacial score (nSPS) is 12.3. The Labute approximate surface area is 261 Å². The van der Waals surface area contributed by atoms with Crippen LogP contribution in [0.15, 0.2) is 114 Å². The number of benzene rings is 4. The van der Waals surface area contributed by atoms with Gasteiger partial charge in [0.15, 0.2) is 0 Å². The lowest BCUT2D eigenvalue weighted by molar-refractivity contribution is -0.140. The Kier molecular flexibility index (Phi) is 10.3. The van der Waals surface area contributed by atoms with Gasteiger partial charge in [0.05, 0.1) is 10.6 Å². The second-order valence-electron chi connectivity index (χ2n) is 12.1. The molecule has 0 fully saturated rings. The first-order chi connectivity index (χ1) is 20.8. The SMILES string of the molecule is Cc1ccc(CN(C(=O)CN(c2ccccc2)S(=O)(=O)c2ccc(C)cc2)C(Cc2ccccc2)C(=O)NC(C)(C)C)cc1. The molecule has 44 heavy (non-hydrogen) atoms. The van der Waals surface area contributed by atoms with E-state index < -0.39 is 34.1 Å². The molecule has 1 N–H and O–H groups in total. The maximum Gasteiger partial charge on any atom is 0.264 e. The van der Waals surface area contributed by atoms with Crippen LogP contribution in [0.5, 0.6) is 0 Å². The molecule has 4 rings (SSSR count). The van der Waals surface area contributed by atoms with Gasteiger partial charge in [-0.2, -0.15) is 0 Å². The number of amides is 2. The molecule has 0 saturated heterocycles. The van der Waals surface area contributed by atoms with Crippen LogP contribution in [0.3, 0.4) is 0 Å². The quantitative estimate of drug-likeness (QED) is 0.224. The number of rotatable bonds is 11. The highest BCUT2D eigenvalue weighted by molar-refractivity contribution is 7.92. The molecule has 1 unspecified atom stereocenters. The number of nitrogens with one attached hydrogen (secondary N) is 1. The molecule has 0 aromatic heterocycles. The summed E-state index contributed by atoms with van der Waals surface area (Å²) in [4.78, 5) is 30.0. The molecule has 0 heterocycles. The maximum absolute atomic E-state index is 14.5. The Hall–Kier alpha value is -4.43. The van der Waals surface area contributed by atoms with Crippen LogP contribution in [0.2, 0.25) is 0 Å². The van der Waals surface area contributed by atoms with Gasteiger partial charge in [0.25, 0.3) is 10.0 Å². The molecule has 0 saturated carbocycles. The summed E-state index contributed by atoms with van der Waals surface area (Å²) in [5.74, 6) is -0.801. The fraction of sp³-hybridized carbons (Fsp3) is 0.278. The minimum absolute atomic E-state index is 0.0798. The molecular weight excluding hydrogens is 570 g/mol. The van der Waals surface area contributed by atoms with E-state index >= 15 is 0 Å². The van der Waals surface area contributed by atoms with Crippen LogP contribution in [-0.4, -0.2) is 43.3 Å². The van der Waals surface area contributed by atoms with E-state index in [-0.39, 0.29) is 23.8 Å². The number of para-hydroxylation sites is 1. The molecule has 0 spiro atoms. The van der Waals surface area contributed by atoms with Crippen LogP contribution in [0.4, 0.5) is 5.69 Å². The van der Waals surface area contributed by atoms with Crippen LogP contribution in [-0.2, 0) is 32.6 Å². The van der Waals surface area contributed by atoms with E-state index in [1.54, 1.807) is 54.6 Å². The predicted molar refractivity (Wildman–Crippen MR) is 176 cm³/mol. The summed E-state index contributed by atoms with van der Waals surface area (Å²) in [6.45, 7) is 9.18. The van der Waals surface area contributed by atoms with E-state index in [1.807, 2.05) is 89.2 Å². The van der Waals surface area contributed by atoms with Crippen LogP contribution in [0.25, 0.3) is 0 Å². The Bertz CT molecular complexity index is 1650. The Morgan fingerprint density at radius 1 is 0.727 bits per heavy atom. The number of hydrogen-bond donors (Lipinski definition) is 1. The van der Waals surface area contributed by atoms with E-state index in [2.05, 4.69) is 5.32 Å². The number of sulfonamides is 1. The van der Waals surface area contributed by atoms with Crippen LogP contribution >= 0.6 is 0 Å². The average molecular weight is 612 g/mol. The van der Waals surface area contributed by atoms with Gasteiger partial charge in [-0.3, -0.25) is 13.9 Å². The number of carbonyl (C=O) groups is 2. The van der Waals surface area contributed by atoms with Gasteiger partial charge in [0.1, 0.15) is 12.6 Å². The number of carbonyl (C=O) groups excluding carboxylic acids is 2. The molecule has 0 aliphatic heterocycles. The summed E-state index contributed by atoms with van der Waals surface area (Å²) >= 11 is 0. The lowest BCUT2D eigenvalue weighted by atomic mass is 10.0. The molecular formula is C36H41N3O4S. The minimum Gasteiger partial charge on any atom is -0.350 e. The van der Waals surface area contributed by atoms with Crippen molar-refractivity contribution in [2.75, 3.05) is 10.8 Å². The molecule has 4 aromatic rings. The van der Waals surface area contributed by atoms with Crippen molar-refractivity contribution in [3.8, 4) is 0 Å². The van der Waals surface area contributed by atoms with Crippen LogP contribution in [0, 0.1) is 13.8 Å².